The molecule has 4 heterocycles. The number of hydrogen-bond donors (Lipinski definition) is 0. The summed E-state index contributed by atoms with van der Waals surface area (Å²) in [7, 11) is 0. The number of pyridine rings is 1. The third kappa shape index (κ3) is 4.41. The van der Waals surface area contributed by atoms with Crippen LogP contribution in [0.5, 0.6) is 0 Å². The minimum atomic E-state index is -0.341. The van der Waals surface area contributed by atoms with E-state index in [0.717, 1.165) is 29.3 Å². The molecule has 0 atom stereocenters. The molecule has 6 nitrogen and oxygen atoms in total. The molecule has 190 valence electrons. The van der Waals surface area contributed by atoms with Gasteiger partial charge in [-0.2, -0.15) is 0 Å². The highest BCUT2D eigenvalue weighted by molar-refractivity contribution is 8.26. The number of anilines is 1. The Morgan fingerprint density at radius 2 is 1.82 bits per heavy atom. The fraction of sp³-hybridized carbons (Fsp3) is 0.172. The number of nitrogens with zero attached hydrogens (tertiary/aromatic N) is 4. The molecule has 0 radical (unpaired) electrons. The van der Waals surface area contributed by atoms with Gasteiger partial charge in [0, 0.05) is 19.3 Å². The number of aromatic nitrogens is 2. The highest BCUT2D eigenvalue weighted by atomic mass is 32.2. The smallest absolute Gasteiger partial charge is 0.267 e. The summed E-state index contributed by atoms with van der Waals surface area (Å²) in [5, 5.41) is 0. The minimum Gasteiger partial charge on any atom is -0.351 e. The van der Waals surface area contributed by atoms with Crippen LogP contribution in [0.4, 0.5) is 10.2 Å². The van der Waals surface area contributed by atoms with Crippen molar-refractivity contribution in [3.8, 4) is 0 Å². The van der Waals surface area contributed by atoms with Crippen LogP contribution in [0.15, 0.2) is 76.6 Å². The predicted octanol–water partition coefficient (Wildman–Crippen LogP) is 5.11. The molecule has 6 rings (SSSR count). The lowest BCUT2D eigenvalue weighted by molar-refractivity contribution is -0.122. The number of halogens is 1. The molecule has 1 fully saturated rings. The van der Waals surface area contributed by atoms with Crippen LogP contribution in [0.1, 0.15) is 27.8 Å². The van der Waals surface area contributed by atoms with E-state index in [4.69, 9.17) is 17.2 Å². The van der Waals surface area contributed by atoms with E-state index >= 15 is 0 Å². The standard InChI is InChI=1S/C29H23FN4O2S2/c1-18-5-4-13-33-25(18)31-26(32-14-12-20-6-2-3-7-21(20)17-32)23(27(33)35)15-24-28(36)34(29(37)38-24)16-19-8-10-22(30)11-9-19/h2-11,13,15H,12,14,16-17H2,1H3. The van der Waals surface area contributed by atoms with Gasteiger partial charge in [0.1, 0.15) is 21.6 Å². The first-order valence-electron chi connectivity index (χ1n) is 12.2. The number of fused-ring (bicyclic) bond motifs is 2. The monoisotopic (exact) mass is 542 g/mol. The van der Waals surface area contributed by atoms with Gasteiger partial charge in [-0.05, 0) is 59.9 Å². The van der Waals surface area contributed by atoms with Crippen molar-refractivity contribution in [2.45, 2.75) is 26.4 Å². The topological polar surface area (TPSA) is 57.9 Å². The fourth-order valence-electron chi connectivity index (χ4n) is 4.88. The Balaban J connectivity index is 1.43. The molecule has 0 unspecified atom stereocenters. The van der Waals surface area contributed by atoms with Gasteiger partial charge in [-0.15, -0.1) is 0 Å². The Bertz CT molecular complexity index is 1700. The molecule has 1 saturated heterocycles. The molecule has 0 N–H and O–H groups in total. The second-order valence-electron chi connectivity index (χ2n) is 9.37. The second kappa shape index (κ2) is 9.81. The Morgan fingerprint density at radius 1 is 1.05 bits per heavy atom. The molecule has 2 aromatic heterocycles. The van der Waals surface area contributed by atoms with Crippen molar-refractivity contribution in [2.75, 3.05) is 11.4 Å². The van der Waals surface area contributed by atoms with Crippen molar-refractivity contribution >= 4 is 51.7 Å². The number of rotatable bonds is 4. The molecule has 38 heavy (non-hydrogen) atoms. The molecule has 0 bridgehead atoms. The Kier molecular flexibility index (Phi) is 6.33. The van der Waals surface area contributed by atoms with Crippen LogP contribution in [0.2, 0.25) is 0 Å². The van der Waals surface area contributed by atoms with E-state index in [0.29, 0.717) is 39.3 Å². The summed E-state index contributed by atoms with van der Waals surface area (Å²) in [6.07, 6.45) is 4.16. The molecular weight excluding hydrogens is 519 g/mol. The quantitative estimate of drug-likeness (QED) is 0.264. The average molecular weight is 543 g/mol. The first kappa shape index (κ1) is 24.5. The SMILES string of the molecule is Cc1cccn2c(=O)c(C=C3SC(=S)N(Cc4ccc(F)cc4)C3=O)c(N3CCc4ccccc4C3)nc12. The van der Waals surface area contributed by atoms with E-state index in [1.165, 1.54) is 32.6 Å². The molecule has 0 spiro atoms. The Labute approximate surface area is 228 Å². The summed E-state index contributed by atoms with van der Waals surface area (Å²) in [6, 6.07) is 18.0. The number of aryl methyl sites for hydroxylation is 1. The summed E-state index contributed by atoms with van der Waals surface area (Å²) >= 11 is 6.67. The number of thioether (sulfide) groups is 1. The summed E-state index contributed by atoms with van der Waals surface area (Å²) in [5.74, 6) is -0.0676. The third-order valence-electron chi connectivity index (χ3n) is 6.90. The van der Waals surface area contributed by atoms with Crippen molar-refractivity contribution in [1.82, 2.24) is 14.3 Å². The van der Waals surface area contributed by atoms with E-state index in [2.05, 4.69) is 17.0 Å². The molecule has 0 saturated carbocycles. The number of hydrogen-bond acceptors (Lipinski definition) is 6. The van der Waals surface area contributed by atoms with Gasteiger partial charge in [-0.3, -0.25) is 18.9 Å². The van der Waals surface area contributed by atoms with Crippen LogP contribution in [0, 0.1) is 12.7 Å². The van der Waals surface area contributed by atoms with Crippen LogP contribution < -0.4 is 10.5 Å². The van der Waals surface area contributed by atoms with Crippen LogP contribution >= 0.6 is 24.0 Å². The number of benzene rings is 2. The summed E-state index contributed by atoms with van der Waals surface area (Å²) < 4.78 is 15.3. The number of thiocarbonyl (C=S) groups is 1. The van der Waals surface area contributed by atoms with Gasteiger partial charge < -0.3 is 4.90 Å². The van der Waals surface area contributed by atoms with Gasteiger partial charge in [0.15, 0.2) is 0 Å². The van der Waals surface area contributed by atoms with Crippen LogP contribution in [-0.2, 0) is 24.3 Å². The highest BCUT2D eigenvalue weighted by Gasteiger charge is 2.33. The summed E-state index contributed by atoms with van der Waals surface area (Å²) in [6.45, 7) is 3.48. The Morgan fingerprint density at radius 3 is 2.61 bits per heavy atom. The Hall–Kier alpha value is -3.82. The van der Waals surface area contributed by atoms with Crippen molar-refractivity contribution in [2.24, 2.45) is 0 Å². The zero-order chi connectivity index (χ0) is 26.4. The van der Waals surface area contributed by atoms with Crippen molar-refractivity contribution < 1.29 is 9.18 Å². The number of amides is 1. The van der Waals surface area contributed by atoms with Gasteiger partial charge >= 0.3 is 0 Å². The first-order chi connectivity index (χ1) is 18.4. The molecule has 1 amide bonds. The average Bonchev–Trinajstić information content (AvgIpc) is 3.18. The van der Waals surface area contributed by atoms with Crippen LogP contribution in [0.25, 0.3) is 11.7 Å². The van der Waals surface area contributed by atoms with Crippen molar-refractivity contribution in [1.29, 1.82) is 0 Å². The van der Waals surface area contributed by atoms with E-state index in [-0.39, 0.29) is 23.8 Å². The lowest BCUT2D eigenvalue weighted by atomic mass is 9.99. The van der Waals surface area contributed by atoms with Crippen LogP contribution in [0.3, 0.4) is 0 Å². The zero-order valence-electron chi connectivity index (χ0n) is 20.6. The second-order valence-corrected chi connectivity index (χ2v) is 11.0. The minimum absolute atomic E-state index is 0.228. The number of carbonyl (C=O) groups excluding carboxylic acids is 1. The molecule has 2 aliphatic heterocycles. The van der Waals surface area contributed by atoms with Gasteiger partial charge in [-0.1, -0.05) is 66.4 Å². The molecule has 0 aliphatic carbocycles. The normalized spacial score (nSPS) is 16.5. The van der Waals surface area contributed by atoms with Crippen LogP contribution in [-0.4, -0.2) is 31.1 Å². The van der Waals surface area contributed by atoms with E-state index in [1.54, 1.807) is 24.4 Å². The first-order valence-corrected chi connectivity index (χ1v) is 13.4. The van der Waals surface area contributed by atoms with Gasteiger partial charge in [0.2, 0.25) is 0 Å². The van der Waals surface area contributed by atoms with Gasteiger partial charge in [0.05, 0.1) is 17.0 Å². The molecule has 9 heteroatoms. The largest absolute Gasteiger partial charge is 0.351 e. The molecular formula is C29H23FN4O2S2. The molecule has 2 aromatic carbocycles. The van der Waals surface area contributed by atoms with Crippen molar-refractivity contribution in [3.05, 3.63) is 116 Å². The van der Waals surface area contributed by atoms with Gasteiger partial charge in [0.25, 0.3) is 11.5 Å². The lowest BCUT2D eigenvalue weighted by Crippen LogP contribution is -2.34. The maximum Gasteiger partial charge on any atom is 0.267 e. The predicted molar refractivity (Wildman–Crippen MR) is 153 cm³/mol. The molecule has 2 aliphatic rings. The van der Waals surface area contributed by atoms with E-state index < -0.39 is 0 Å². The fourth-order valence-corrected chi connectivity index (χ4v) is 6.12. The lowest BCUT2D eigenvalue weighted by Gasteiger charge is -2.31. The van der Waals surface area contributed by atoms with Gasteiger partial charge in [-0.25, -0.2) is 9.37 Å². The summed E-state index contributed by atoms with van der Waals surface area (Å²) in [5.41, 5.74) is 4.85. The molecule has 4 aromatic rings. The van der Waals surface area contributed by atoms with E-state index in [9.17, 15) is 14.0 Å². The maximum atomic E-state index is 13.8. The third-order valence-corrected chi connectivity index (χ3v) is 8.28. The highest BCUT2D eigenvalue weighted by Crippen LogP contribution is 2.35. The summed E-state index contributed by atoms with van der Waals surface area (Å²) in [4.78, 5) is 36.1. The van der Waals surface area contributed by atoms with E-state index in [1.807, 2.05) is 31.2 Å². The number of carbonyl (C=O) groups is 1. The van der Waals surface area contributed by atoms with Crippen molar-refractivity contribution in [3.63, 3.8) is 0 Å². The maximum absolute atomic E-state index is 13.8. The zero-order valence-corrected chi connectivity index (χ0v) is 22.2.